The van der Waals surface area contributed by atoms with Crippen molar-refractivity contribution in [3.63, 3.8) is 0 Å². The van der Waals surface area contributed by atoms with Gasteiger partial charge in [-0.05, 0) is 36.4 Å². The highest BCUT2D eigenvalue weighted by Gasteiger charge is 2.31. The van der Waals surface area contributed by atoms with Gasteiger partial charge in [0.1, 0.15) is 11.4 Å². The van der Waals surface area contributed by atoms with Crippen LogP contribution in [0.3, 0.4) is 0 Å². The molecule has 3 rings (SSSR count). The molecule has 144 valence electrons. The fraction of sp³-hybridized carbons (Fsp3) is 0.0556. The lowest BCUT2D eigenvalue weighted by atomic mass is 10.2. The first-order valence-corrected chi connectivity index (χ1v) is 8.41. The number of carbonyl (C=O) groups is 1. The van der Waals surface area contributed by atoms with Crippen LogP contribution in [0.25, 0.3) is 0 Å². The van der Waals surface area contributed by atoms with Crippen LogP contribution in [0.5, 0.6) is 11.6 Å². The number of benzene rings is 1. The quantitative estimate of drug-likeness (QED) is 0.567. The summed E-state index contributed by atoms with van der Waals surface area (Å²) in [6.07, 6.45) is -2.25. The number of carbonyl (C=O) groups excluding carboxylic acids is 1. The Bertz CT molecular complexity index is 1010. The maximum Gasteiger partial charge on any atom is 0.416 e. The van der Waals surface area contributed by atoms with E-state index >= 15 is 0 Å². The van der Waals surface area contributed by atoms with Crippen LogP contribution in [0.15, 0.2) is 54.9 Å². The summed E-state index contributed by atoms with van der Waals surface area (Å²) < 4.78 is 43.8. The Morgan fingerprint density at radius 2 is 1.82 bits per heavy atom. The van der Waals surface area contributed by atoms with E-state index < -0.39 is 17.6 Å². The molecule has 0 aliphatic carbocycles. The number of nitrogens with one attached hydrogen (secondary N) is 1. The number of anilines is 1. The lowest BCUT2D eigenvalue weighted by Gasteiger charge is -2.10. The zero-order valence-electron chi connectivity index (χ0n) is 13.8. The van der Waals surface area contributed by atoms with Gasteiger partial charge in [-0.1, -0.05) is 23.2 Å². The highest BCUT2D eigenvalue weighted by Crippen LogP contribution is 2.32. The van der Waals surface area contributed by atoms with Crippen LogP contribution in [0, 0.1) is 0 Å². The third-order valence-electron chi connectivity index (χ3n) is 3.42. The first-order valence-electron chi connectivity index (χ1n) is 7.66. The zero-order valence-corrected chi connectivity index (χ0v) is 15.3. The summed E-state index contributed by atoms with van der Waals surface area (Å²) in [4.78, 5) is 19.8. The third kappa shape index (κ3) is 4.90. The summed E-state index contributed by atoms with van der Waals surface area (Å²) in [6, 6.07) is 8.93. The highest BCUT2D eigenvalue weighted by molar-refractivity contribution is 6.32. The van der Waals surface area contributed by atoms with E-state index in [0.717, 1.165) is 12.3 Å². The van der Waals surface area contributed by atoms with Gasteiger partial charge in [-0.25, -0.2) is 4.98 Å². The summed E-state index contributed by atoms with van der Waals surface area (Å²) in [6.45, 7) is 0. The molecule has 2 aromatic heterocycles. The van der Waals surface area contributed by atoms with Gasteiger partial charge in [0.25, 0.3) is 5.91 Å². The minimum Gasteiger partial charge on any atom is -0.437 e. The molecule has 1 aromatic carbocycles. The van der Waals surface area contributed by atoms with Gasteiger partial charge < -0.3 is 10.1 Å². The lowest BCUT2D eigenvalue weighted by Crippen LogP contribution is -2.15. The number of alkyl halides is 3. The summed E-state index contributed by atoms with van der Waals surface area (Å²) in [5.41, 5.74) is -1.09. The fourth-order valence-corrected chi connectivity index (χ4v) is 2.45. The molecule has 0 atom stereocenters. The Hall–Kier alpha value is -2.84. The molecule has 10 heteroatoms. The van der Waals surface area contributed by atoms with E-state index in [1.165, 1.54) is 24.4 Å². The van der Waals surface area contributed by atoms with E-state index in [1.807, 2.05) is 0 Å². The second-order valence-electron chi connectivity index (χ2n) is 5.44. The maximum absolute atomic E-state index is 12.8. The summed E-state index contributed by atoms with van der Waals surface area (Å²) in [5, 5.41) is 3.04. The topological polar surface area (TPSA) is 64.1 Å². The number of halogens is 5. The number of hydrogen-bond acceptors (Lipinski definition) is 4. The van der Waals surface area contributed by atoms with Gasteiger partial charge in [0.05, 0.1) is 15.6 Å². The van der Waals surface area contributed by atoms with Crippen LogP contribution in [0.4, 0.5) is 18.9 Å². The van der Waals surface area contributed by atoms with E-state index in [4.69, 9.17) is 27.9 Å². The van der Waals surface area contributed by atoms with Crippen molar-refractivity contribution in [2.24, 2.45) is 0 Å². The Morgan fingerprint density at radius 1 is 1.04 bits per heavy atom. The predicted molar refractivity (Wildman–Crippen MR) is 98.0 cm³/mol. The number of amides is 1. The largest absolute Gasteiger partial charge is 0.437 e. The molecule has 0 radical (unpaired) electrons. The Kier molecular flexibility index (Phi) is 5.71. The lowest BCUT2D eigenvalue weighted by molar-refractivity contribution is -0.137. The average molecular weight is 428 g/mol. The van der Waals surface area contributed by atoms with Crippen molar-refractivity contribution < 1.29 is 22.7 Å². The van der Waals surface area contributed by atoms with Crippen LogP contribution >= 0.6 is 23.2 Å². The van der Waals surface area contributed by atoms with Crippen LogP contribution in [0.2, 0.25) is 10.0 Å². The molecule has 0 fully saturated rings. The van der Waals surface area contributed by atoms with Gasteiger partial charge >= 0.3 is 6.18 Å². The number of rotatable bonds is 4. The van der Waals surface area contributed by atoms with Gasteiger partial charge in [-0.3, -0.25) is 9.78 Å². The molecule has 0 bridgehead atoms. The van der Waals surface area contributed by atoms with E-state index in [2.05, 4.69) is 15.3 Å². The fourth-order valence-electron chi connectivity index (χ4n) is 2.12. The Balaban J connectivity index is 1.74. The van der Waals surface area contributed by atoms with Gasteiger partial charge in [-0.2, -0.15) is 13.2 Å². The number of nitrogens with zero attached hydrogens (tertiary/aromatic N) is 2. The van der Waals surface area contributed by atoms with Gasteiger partial charge in [0.2, 0.25) is 5.88 Å². The van der Waals surface area contributed by atoms with Crippen molar-refractivity contribution in [3.8, 4) is 11.6 Å². The van der Waals surface area contributed by atoms with Crippen molar-refractivity contribution in [2.75, 3.05) is 5.32 Å². The molecule has 0 spiro atoms. The minimum atomic E-state index is -4.57. The number of ether oxygens (including phenoxy) is 1. The van der Waals surface area contributed by atoms with Crippen LogP contribution < -0.4 is 10.1 Å². The SMILES string of the molecule is O=C(Nc1ccc(Oc2ccc(Cl)cn2)c(Cl)c1)c1cc(C(F)(F)F)ccn1. The molecule has 28 heavy (non-hydrogen) atoms. The molecule has 5 nitrogen and oxygen atoms in total. The normalized spacial score (nSPS) is 11.2. The van der Waals surface area contributed by atoms with Crippen molar-refractivity contribution >= 4 is 34.8 Å². The Morgan fingerprint density at radius 3 is 2.46 bits per heavy atom. The van der Waals surface area contributed by atoms with E-state index in [1.54, 1.807) is 12.1 Å². The molecular weight excluding hydrogens is 418 g/mol. The first kappa shape index (κ1) is 19.9. The molecule has 0 saturated carbocycles. The summed E-state index contributed by atoms with van der Waals surface area (Å²) in [5.74, 6) is -0.280. The average Bonchev–Trinajstić information content (AvgIpc) is 2.65. The van der Waals surface area contributed by atoms with Crippen molar-refractivity contribution in [1.29, 1.82) is 0 Å². The molecular formula is C18H10Cl2F3N3O2. The second kappa shape index (κ2) is 8.04. The molecule has 1 amide bonds. The third-order valence-corrected chi connectivity index (χ3v) is 3.94. The molecule has 1 N–H and O–H groups in total. The van der Waals surface area contributed by atoms with Gasteiger partial charge in [-0.15, -0.1) is 0 Å². The number of hydrogen-bond donors (Lipinski definition) is 1. The molecule has 2 heterocycles. The van der Waals surface area contributed by atoms with Crippen molar-refractivity contribution in [2.45, 2.75) is 6.18 Å². The predicted octanol–water partition coefficient (Wildman–Crippen LogP) is 5.85. The molecule has 3 aromatic rings. The molecule has 0 unspecified atom stereocenters. The van der Waals surface area contributed by atoms with Gasteiger partial charge in [0.15, 0.2) is 0 Å². The van der Waals surface area contributed by atoms with Crippen LogP contribution in [0.1, 0.15) is 16.1 Å². The smallest absolute Gasteiger partial charge is 0.416 e. The number of pyridine rings is 2. The molecule has 0 aliphatic rings. The highest BCUT2D eigenvalue weighted by atomic mass is 35.5. The monoisotopic (exact) mass is 427 g/mol. The van der Waals surface area contributed by atoms with Gasteiger partial charge in [0, 0.05) is 24.1 Å². The van der Waals surface area contributed by atoms with Crippen LogP contribution in [-0.4, -0.2) is 15.9 Å². The zero-order chi connectivity index (χ0) is 20.3. The standard InChI is InChI=1S/C18H10Cl2F3N3O2/c19-11-1-4-16(25-9-11)28-15-3-2-12(8-13(15)20)26-17(27)14-7-10(5-6-24-14)18(21,22)23/h1-9H,(H,26,27). The summed E-state index contributed by atoms with van der Waals surface area (Å²) in [7, 11) is 0. The molecule has 0 aliphatic heterocycles. The molecule has 0 saturated heterocycles. The second-order valence-corrected chi connectivity index (χ2v) is 6.29. The maximum atomic E-state index is 12.8. The van der Waals surface area contributed by atoms with Crippen LogP contribution in [-0.2, 0) is 6.18 Å². The van der Waals surface area contributed by atoms with E-state index in [9.17, 15) is 18.0 Å². The van der Waals surface area contributed by atoms with Crippen molar-refractivity contribution in [1.82, 2.24) is 9.97 Å². The van der Waals surface area contributed by atoms with Crippen molar-refractivity contribution in [3.05, 3.63) is 76.2 Å². The van der Waals surface area contributed by atoms with E-state index in [0.29, 0.717) is 11.1 Å². The van der Waals surface area contributed by atoms with E-state index in [-0.39, 0.29) is 28.0 Å². The summed E-state index contributed by atoms with van der Waals surface area (Å²) >= 11 is 11.9. The first-order chi connectivity index (χ1) is 13.2. The number of aromatic nitrogens is 2. The Labute approximate surface area is 167 Å². The minimum absolute atomic E-state index is 0.159.